The number of aromatic nitrogens is 1. The van der Waals surface area contributed by atoms with Crippen molar-refractivity contribution in [1.82, 2.24) is 4.57 Å². The molecule has 0 radical (unpaired) electrons. The van der Waals surface area contributed by atoms with E-state index in [4.69, 9.17) is 11.2 Å². The molecule has 0 N–H and O–H groups in total. The highest BCUT2D eigenvalue weighted by Crippen LogP contribution is 2.20. The molecule has 0 saturated carbocycles. The van der Waals surface area contributed by atoms with Crippen molar-refractivity contribution in [2.75, 3.05) is 7.11 Å². The second-order valence-electron chi connectivity index (χ2n) is 6.06. The van der Waals surface area contributed by atoms with Crippen molar-refractivity contribution in [1.29, 1.82) is 0 Å². The summed E-state index contributed by atoms with van der Waals surface area (Å²) in [6.07, 6.45) is 5.49. The van der Waals surface area contributed by atoms with E-state index in [1.54, 1.807) is 28.8 Å². The van der Waals surface area contributed by atoms with Crippen LogP contribution >= 0.6 is 11.3 Å². The number of hydrogen-bond acceptors (Lipinski definition) is 4. The maximum Gasteiger partial charge on any atom is 0.337 e. The van der Waals surface area contributed by atoms with E-state index in [0.29, 0.717) is 15.9 Å². The minimum Gasteiger partial charge on any atom is -0.465 e. The molecule has 0 fully saturated rings. The topological polar surface area (TPSA) is 60.7 Å². The van der Waals surface area contributed by atoms with E-state index in [9.17, 15) is 9.59 Å². The van der Waals surface area contributed by atoms with Crippen LogP contribution in [0.3, 0.4) is 0 Å². The van der Waals surface area contributed by atoms with Crippen molar-refractivity contribution in [2.24, 2.45) is 4.99 Å². The summed E-state index contributed by atoms with van der Waals surface area (Å²) < 4.78 is 7.36. The number of benzene rings is 2. The number of esters is 1. The Hall–Kier alpha value is -3.17. The van der Waals surface area contributed by atoms with Gasteiger partial charge in [0.15, 0.2) is 4.80 Å². The molecule has 1 heterocycles. The van der Waals surface area contributed by atoms with E-state index in [0.717, 1.165) is 21.3 Å². The van der Waals surface area contributed by atoms with E-state index < -0.39 is 5.97 Å². The highest BCUT2D eigenvalue weighted by Gasteiger charge is 2.12. The van der Waals surface area contributed by atoms with Crippen molar-refractivity contribution in [3.05, 3.63) is 63.5 Å². The normalized spacial score (nSPS) is 11.4. The Morgan fingerprint density at radius 3 is 2.56 bits per heavy atom. The van der Waals surface area contributed by atoms with Gasteiger partial charge in [-0.1, -0.05) is 23.3 Å². The molecule has 0 aliphatic rings. The Balaban J connectivity index is 2.14. The summed E-state index contributed by atoms with van der Waals surface area (Å²) >= 11 is 1.31. The van der Waals surface area contributed by atoms with E-state index in [-0.39, 0.29) is 12.5 Å². The van der Waals surface area contributed by atoms with Gasteiger partial charge in [-0.15, -0.1) is 6.42 Å². The highest BCUT2D eigenvalue weighted by atomic mass is 32.1. The average molecular weight is 378 g/mol. The quantitative estimate of drug-likeness (QED) is 0.518. The predicted molar refractivity (Wildman–Crippen MR) is 106 cm³/mol. The number of fused-ring (bicyclic) bond motifs is 1. The van der Waals surface area contributed by atoms with Gasteiger partial charge in [-0.25, -0.2) is 4.79 Å². The summed E-state index contributed by atoms with van der Waals surface area (Å²) in [4.78, 5) is 29.2. The van der Waals surface area contributed by atoms with Crippen LogP contribution in [0, 0.1) is 26.2 Å². The molecule has 27 heavy (non-hydrogen) atoms. The number of rotatable bonds is 3. The van der Waals surface area contributed by atoms with Crippen LogP contribution in [0.5, 0.6) is 0 Å². The van der Waals surface area contributed by atoms with Crippen molar-refractivity contribution >= 4 is 33.4 Å². The second kappa shape index (κ2) is 7.60. The zero-order chi connectivity index (χ0) is 19.6. The predicted octanol–water partition coefficient (Wildman–Crippen LogP) is 3.48. The largest absolute Gasteiger partial charge is 0.465 e. The van der Waals surface area contributed by atoms with Crippen molar-refractivity contribution in [3.63, 3.8) is 0 Å². The number of hydrogen-bond donors (Lipinski definition) is 0. The highest BCUT2D eigenvalue weighted by molar-refractivity contribution is 7.16. The lowest BCUT2D eigenvalue weighted by Gasteiger charge is -2.02. The smallest absolute Gasteiger partial charge is 0.337 e. The Morgan fingerprint density at radius 1 is 1.15 bits per heavy atom. The van der Waals surface area contributed by atoms with Crippen LogP contribution in [0.2, 0.25) is 0 Å². The molecule has 136 valence electrons. The van der Waals surface area contributed by atoms with Crippen LogP contribution in [0.15, 0.2) is 41.4 Å². The molecule has 1 aromatic heterocycles. The first-order valence-corrected chi connectivity index (χ1v) is 9.07. The van der Waals surface area contributed by atoms with E-state index >= 15 is 0 Å². The van der Waals surface area contributed by atoms with Crippen molar-refractivity contribution in [3.8, 4) is 12.3 Å². The number of methoxy groups -OCH3 is 1. The van der Waals surface area contributed by atoms with Gasteiger partial charge in [-0.3, -0.25) is 4.79 Å². The van der Waals surface area contributed by atoms with Crippen LogP contribution in [-0.4, -0.2) is 23.6 Å². The molecule has 0 aliphatic carbocycles. The van der Waals surface area contributed by atoms with E-state index in [1.165, 1.54) is 18.4 Å². The van der Waals surface area contributed by atoms with Crippen LogP contribution < -0.4 is 4.80 Å². The van der Waals surface area contributed by atoms with Gasteiger partial charge in [0.2, 0.25) is 0 Å². The number of carbonyl (C=O) groups is 2. The van der Waals surface area contributed by atoms with Gasteiger partial charge >= 0.3 is 5.97 Å². The fraction of sp³-hybridized carbons (Fsp3) is 0.190. The summed E-state index contributed by atoms with van der Waals surface area (Å²) in [6.45, 7) is 4.22. The number of amides is 1. The van der Waals surface area contributed by atoms with E-state index in [2.05, 4.69) is 10.9 Å². The standard InChI is InChI=1S/C21H18N2O3S/c1-5-10-23-17-9-8-16(20(25)26-4)12-18(17)27-21(23)22-19(24)15-7-6-13(2)14(3)11-15/h1,6-9,11-12H,10H2,2-4H3. The van der Waals surface area contributed by atoms with Gasteiger partial charge in [-0.2, -0.15) is 4.99 Å². The maximum atomic E-state index is 12.6. The third kappa shape index (κ3) is 3.69. The Morgan fingerprint density at radius 2 is 1.89 bits per heavy atom. The molecule has 0 aliphatic heterocycles. The first kappa shape index (κ1) is 18.6. The molecule has 3 aromatic rings. The Labute approximate surface area is 160 Å². The number of thiazole rings is 1. The molecule has 6 heteroatoms. The summed E-state index contributed by atoms with van der Waals surface area (Å²) in [5.74, 6) is 1.84. The number of aryl methyl sites for hydroxylation is 2. The lowest BCUT2D eigenvalue weighted by molar-refractivity contribution is 0.0601. The summed E-state index contributed by atoms with van der Waals surface area (Å²) in [7, 11) is 1.34. The molecule has 1 amide bonds. The van der Waals surface area contributed by atoms with Crippen LogP contribution in [0.25, 0.3) is 10.2 Å². The van der Waals surface area contributed by atoms with Gasteiger partial charge < -0.3 is 9.30 Å². The minimum absolute atomic E-state index is 0.274. The second-order valence-corrected chi connectivity index (χ2v) is 7.07. The van der Waals surface area contributed by atoms with Gasteiger partial charge in [0.25, 0.3) is 5.91 Å². The Kier molecular flexibility index (Phi) is 5.24. The summed E-state index contributed by atoms with van der Waals surface area (Å²) in [6, 6.07) is 10.7. The third-order valence-electron chi connectivity index (χ3n) is 4.30. The molecule has 0 saturated heterocycles. The molecule has 0 spiro atoms. The van der Waals surface area contributed by atoms with Crippen molar-refractivity contribution in [2.45, 2.75) is 20.4 Å². The SMILES string of the molecule is C#CCn1c(=NC(=O)c2ccc(C)c(C)c2)sc2cc(C(=O)OC)ccc21. The lowest BCUT2D eigenvalue weighted by atomic mass is 10.1. The molecule has 0 atom stereocenters. The summed E-state index contributed by atoms with van der Waals surface area (Å²) in [5.41, 5.74) is 3.93. The molecular weight excluding hydrogens is 360 g/mol. The summed E-state index contributed by atoms with van der Waals surface area (Å²) in [5, 5.41) is 0. The number of ether oxygens (including phenoxy) is 1. The van der Waals surface area contributed by atoms with Crippen LogP contribution in [0.1, 0.15) is 31.8 Å². The van der Waals surface area contributed by atoms with Gasteiger partial charge in [-0.05, 0) is 55.3 Å². The van der Waals surface area contributed by atoms with Crippen LogP contribution in [0.4, 0.5) is 0 Å². The zero-order valence-corrected chi connectivity index (χ0v) is 16.1. The first-order valence-electron chi connectivity index (χ1n) is 8.26. The lowest BCUT2D eigenvalue weighted by Crippen LogP contribution is -2.16. The van der Waals surface area contributed by atoms with Gasteiger partial charge in [0.1, 0.15) is 0 Å². The van der Waals surface area contributed by atoms with Crippen molar-refractivity contribution < 1.29 is 14.3 Å². The molecule has 3 rings (SSSR count). The molecule has 0 bridgehead atoms. The van der Waals surface area contributed by atoms with Gasteiger partial charge in [0.05, 0.1) is 29.4 Å². The molecule has 2 aromatic carbocycles. The molecular formula is C21H18N2O3S. The zero-order valence-electron chi connectivity index (χ0n) is 15.3. The number of terminal acetylenes is 1. The third-order valence-corrected chi connectivity index (χ3v) is 5.35. The monoisotopic (exact) mass is 378 g/mol. The molecule has 5 nitrogen and oxygen atoms in total. The Bertz CT molecular complexity index is 1160. The maximum absolute atomic E-state index is 12.6. The van der Waals surface area contributed by atoms with Gasteiger partial charge in [0, 0.05) is 5.56 Å². The number of nitrogens with zero attached hydrogens (tertiary/aromatic N) is 2. The minimum atomic E-state index is -0.418. The fourth-order valence-corrected chi connectivity index (χ4v) is 3.74. The fourth-order valence-electron chi connectivity index (χ4n) is 2.67. The number of carbonyl (C=O) groups excluding carboxylic acids is 2. The van der Waals surface area contributed by atoms with E-state index in [1.807, 2.05) is 26.0 Å². The average Bonchev–Trinajstić information content (AvgIpc) is 3.00. The molecule has 0 unspecified atom stereocenters. The first-order chi connectivity index (χ1) is 12.9. The van der Waals surface area contributed by atoms with Crippen LogP contribution in [-0.2, 0) is 11.3 Å².